The zero-order chi connectivity index (χ0) is 19.1. The molecule has 2 aromatic carbocycles. The first-order valence-electron chi connectivity index (χ1n) is 7.96. The lowest BCUT2D eigenvalue weighted by molar-refractivity contribution is -0.119. The lowest BCUT2D eigenvalue weighted by atomic mass is 10.0. The second-order valence-electron chi connectivity index (χ2n) is 5.77. The van der Waals surface area contributed by atoms with Crippen LogP contribution in [0.15, 0.2) is 48.5 Å². The molecule has 0 saturated heterocycles. The molecule has 0 spiro atoms. The standard InChI is InChI=1S/C19H20N2O5/c1-12(22)15-9-14(7-8-17(15)23)10-16(18(20)24)21-19(25)26-11-13-5-3-2-4-6-13/h2-9,16,23H,10-11H2,1H3,(H2,20,24)(H,21,25)/t16-/m0/s1. The molecular weight excluding hydrogens is 336 g/mol. The number of Topliss-reactive ketones (excluding diaryl/α,β-unsaturated/α-hetero) is 1. The van der Waals surface area contributed by atoms with Gasteiger partial charge in [-0.3, -0.25) is 9.59 Å². The van der Waals surface area contributed by atoms with E-state index in [0.29, 0.717) is 5.56 Å². The zero-order valence-electron chi connectivity index (χ0n) is 14.3. The molecule has 7 heteroatoms. The van der Waals surface area contributed by atoms with Crippen LogP contribution in [-0.4, -0.2) is 28.9 Å². The molecule has 0 unspecified atom stereocenters. The summed E-state index contributed by atoms with van der Waals surface area (Å²) in [5.74, 6) is -1.19. The first-order valence-corrected chi connectivity index (χ1v) is 7.96. The van der Waals surface area contributed by atoms with Crippen molar-refractivity contribution in [1.29, 1.82) is 0 Å². The number of nitrogens with one attached hydrogen (secondary N) is 1. The Labute approximate surface area is 150 Å². The third-order valence-corrected chi connectivity index (χ3v) is 3.73. The van der Waals surface area contributed by atoms with Crippen LogP contribution in [0.1, 0.15) is 28.4 Å². The quantitative estimate of drug-likeness (QED) is 0.655. The molecule has 0 aliphatic heterocycles. The summed E-state index contributed by atoms with van der Waals surface area (Å²) in [6, 6.07) is 12.5. The monoisotopic (exact) mass is 356 g/mol. The first-order chi connectivity index (χ1) is 12.4. The molecule has 0 saturated carbocycles. The number of carbonyl (C=O) groups is 3. The minimum Gasteiger partial charge on any atom is -0.507 e. The van der Waals surface area contributed by atoms with Crippen molar-refractivity contribution in [2.75, 3.05) is 0 Å². The van der Waals surface area contributed by atoms with Gasteiger partial charge in [0, 0.05) is 6.42 Å². The first kappa shape index (κ1) is 19.0. The van der Waals surface area contributed by atoms with Gasteiger partial charge in [-0.15, -0.1) is 0 Å². The van der Waals surface area contributed by atoms with Crippen LogP contribution >= 0.6 is 0 Å². The number of carbonyl (C=O) groups excluding carboxylic acids is 3. The second-order valence-corrected chi connectivity index (χ2v) is 5.77. The maximum absolute atomic E-state index is 11.9. The van der Waals surface area contributed by atoms with Gasteiger partial charge in [0.2, 0.25) is 5.91 Å². The fraction of sp³-hybridized carbons (Fsp3) is 0.211. The number of amides is 2. The number of benzene rings is 2. The molecule has 136 valence electrons. The van der Waals surface area contributed by atoms with E-state index in [1.54, 1.807) is 18.2 Å². The highest BCUT2D eigenvalue weighted by atomic mass is 16.5. The molecule has 0 fully saturated rings. The summed E-state index contributed by atoms with van der Waals surface area (Å²) in [5.41, 5.74) is 6.86. The van der Waals surface area contributed by atoms with Crippen molar-refractivity contribution >= 4 is 17.8 Å². The molecule has 0 aliphatic carbocycles. The number of hydrogen-bond acceptors (Lipinski definition) is 5. The third-order valence-electron chi connectivity index (χ3n) is 3.73. The lowest BCUT2D eigenvalue weighted by Gasteiger charge is -2.16. The molecule has 0 aliphatic rings. The number of alkyl carbamates (subject to hydrolysis) is 1. The number of rotatable bonds is 7. The number of primary amides is 1. The molecule has 1 atom stereocenters. The summed E-state index contributed by atoms with van der Waals surface area (Å²) >= 11 is 0. The molecule has 2 aromatic rings. The molecule has 0 heterocycles. The van der Waals surface area contributed by atoms with Crippen LogP contribution in [0.4, 0.5) is 4.79 Å². The van der Waals surface area contributed by atoms with Crippen molar-refractivity contribution in [3.63, 3.8) is 0 Å². The van der Waals surface area contributed by atoms with Crippen LogP contribution in [0.5, 0.6) is 5.75 Å². The molecule has 2 amide bonds. The topological polar surface area (TPSA) is 119 Å². The predicted octanol–water partition coefficient (Wildman–Crippen LogP) is 1.92. The fourth-order valence-electron chi connectivity index (χ4n) is 2.36. The highest BCUT2D eigenvalue weighted by Crippen LogP contribution is 2.20. The lowest BCUT2D eigenvalue weighted by Crippen LogP contribution is -2.46. The summed E-state index contributed by atoms with van der Waals surface area (Å²) in [5, 5.41) is 12.1. The maximum Gasteiger partial charge on any atom is 0.408 e. The van der Waals surface area contributed by atoms with E-state index in [2.05, 4.69) is 5.32 Å². The maximum atomic E-state index is 11.9. The van der Waals surface area contributed by atoms with Gasteiger partial charge in [-0.25, -0.2) is 4.79 Å². The van der Waals surface area contributed by atoms with Crippen molar-refractivity contribution < 1.29 is 24.2 Å². The van der Waals surface area contributed by atoms with Gasteiger partial charge in [0.1, 0.15) is 18.4 Å². The molecule has 2 rings (SSSR count). The molecule has 7 nitrogen and oxygen atoms in total. The summed E-state index contributed by atoms with van der Waals surface area (Å²) in [6.07, 6.45) is -0.709. The van der Waals surface area contributed by atoms with E-state index < -0.39 is 18.0 Å². The van der Waals surface area contributed by atoms with Gasteiger partial charge in [-0.05, 0) is 30.2 Å². The number of aromatic hydroxyl groups is 1. The minimum absolute atomic E-state index is 0.0614. The van der Waals surface area contributed by atoms with Crippen molar-refractivity contribution in [3.8, 4) is 5.75 Å². The van der Waals surface area contributed by atoms with E-state index in [1.165, 1.54) is 19.1 Å². The van der Waals surface area contributed by atoms with Crippen LogP contribution in [0.3, 0.4) is 0 Å². The number of nitrogens with two attached hydrogens (primary N) is 1. The molecule has 26 heavy (non-hydrogen) atoms. The summed E-state index contributed by atoms with van der Waals surface area (Å²) in [6.45, 7) is 1.38. The summed E-state index contributed by atoms with van der Waals surface area (Å²) < 4.78 is 5.08. The predicted molar refractivity (Wildman–Crippen MR) is 94.6 cm³/mol. The van der Waals surface area contributed by atoms with Gasteiger partial charge in [0.15, 0.2) is 5.78 Å². The van der Waals surface area contributed by atoms with E-state index in [9.17, 15) is 19.5 Å². The average molecular weight is 356 g/mol. The van der Waals surface area contributed by atoms with Crippen LogP contribution in [0.25, 0.3) is 0 Å². The third kappa shape index (κ3) is 5.34. The Kier molecular flexibility index (Phi) is 6.32. The molecular formula is C19H20N2O5. The Morgan fingerprint density at radius 3 is 2.42 bits per heavy atom. The van der Waals surface area contributed by atoms with Crippen molar-refractivity contribution in [1.82, 2.24) is 5.32 Å². The number of phenolic OH excluding ortho intramolecular Hbond substituents is 1. The summed E-state index contributed by atoms with van der Waals surface area (Å²) in [7, 11) is 0. The van der Waals surface area contributed by atoms with Gasteiger partial charge < -0.3 is 20.9 Å². The van der Waals surface area contributed by atoms with Gasteiger partial charge in [-0.1, -0.05) is 36.4 Å². The smallest absolute Gasteiger partial charge is 0.408 e. The number of ether oxygens (including phenoxy) is 1. The van der Waals surface area contributed by atoms with Crippen molar-refractivity contribution in [2.24, 2.45) is 5.73 Å². The largest absolute Gasteiger partial charge is 0.507 e. The molecule has 0 radical (unpaired) electrons. The summed E-state index contributed by atoms with van der Waals surface area (Å²) in [4.78, 5) is 35.0. The zero-order valence-corrected chi connectivity index (χ0v) is 14.3. The number of ketones is 1. The van der Waals surface area contributed by atoms with E-state index >= 15 is 0 Å². The Hall–Kier alpha value is -3.35. The van der Waals surface area contributed by atoms with Crippen LogP contribution in [0.2, 0.25) is 0 Å². The highest BCUT2D eigenvalue weighted by molar-refractivity contribution is 5.97. The van der Waals surface area contributed by atoms with Gasteiger partial charge in [0.05, 0.1) is 5.56 Å². The van der Waals surface area contributed by atoms with Crippen molar-refractivity contribution in [2.45, 2.75) is 26.0 Å². The van der Waals surface area contributed by atoms with Gasteiger partial charge >= 0.3 is 6.09 Å². The number of hydrogen-bond donors (Lipinski definition) is 3. The number of phenols is 1. The van der Waals surface area contributed by atoms with Crippen LogP contribution in [-0.2, 0) is 22.6 Å². The highest BCUT2D eigenvalue weighted by Gasteiger charge is 2.20. The molecule has 0 bridgehead atoms. The molecule has 4 N–H and O–H groups in total. The Bertz CT molecular complexity index is 805. The van der Waals surface area contributed by atoms with Gasteiger partial charge in [-0.2, -0.15) is 0 Å². The minimum atomic E-state index is -1.01. The Morgan fingerprint density at radius 2 is 1.81 bits per heavy atom. The van der Waals surface area contributed by atoms with E-state index in [4.69, 9.17) is 10.5 Å². The Morgan fingerprint density at radius 1 is 1.12 bits per heavy atom. The van der Waals surface area contributed by atoms with Crippen LogP contribution in [0, 0.1) is 0 Å². The van der Waals surface area contributed by atoms with Gasteiger partial charge in [0.25, 0.3) is 0 Å². The Balaban J connectivity index is 2.00. The van der Waals surface area contributed by atoms with Crippen molar-refractivity contribution in [3.05, 3.63) is 65.2 Å². The fourth-order valence-corrected chi connectivity index (χ4v) is 2.36. The van der Waals surface area contributed by atoms with E-state index in [0.717, 1.165) is 5.56 Å². The van der Waals surface area contributed by atoms with Crippen LogP contribution < -0.4 is 11.1 Å². The average Bonchev–Trinajstić information content (AvgIpc) is 2.61. The molecule has 0 aromatic heterocycles. The SMILES string of the molecule is CC(=O)c1cc(C[C@H](NC(=O)OCc2ccccc2)C(N)=O)ccc1O. The second kappa shape index (κ2) is 8.66. The van der Waals surface area contributed by atoms with E-state index in [1.807, 2.05) is 18.2 Å². The normalized spacial score (nSPS) is 11.4. The van der Waals surface area contributed by atoms with E-state index in [-0.39, 0.29) is 30.1 Å².